The summed E-state index contributed by atoms with van der Waals surface area (Å²) in [6.07, 6.45) is 2.27. The van der Waals surface area contributed by atoms with Crippen molar-refractivity contribution < 1.29 is 4.74 Å². The third-order valence-corrected chi connectivity index (χ3v) is 3.89. The average molecular weight is 285 g/mol. The van der Waals surface area contributed by atoms with Crippen molar-refractivity contribution >= 4 is 10.8 Å². The van der Waals surface area contributed by atoms with Crippen molar-refractivity contribution in [2.75, 3.05) is 13.7 Å². The quantitative estimate of drug-likeness (QED) is 0.813. The van der Waals surface area contributed by atoms with E-state index in [9.17, 15) is 0 Å². The van der Waals surface area contributed by atoms with Gasteiger partial charge in [-0.2, -0.15) is 0 Å². The molecule has 1 unspecified atom stereocenters. The molecule has 0 aliphatic rings. The van der Waals surface area contributed by atoms with Gasteiger partial charge in [-0.05, 0) is 53.8 Å². The Kier molecular flexibility index (Phi) is 5.63. The van der Waals surface area contributed by atoms with Gasteiger partial charge in [0, 0.05) is 6.04 Å². The fourth-order valence-electron chi connectivity index (χ4n) is 2.98. The van der Waals surface area contributed by atoms with Gasteiger partial charge in [0.2, 0.25) is 0 Å². The lowest BCUT2D eigenvalue weighted by molar-refractivity contribution is 0.415. The minimum atomic E-state index is 0.534. The molecule has 21 heavy (non-hydrogen) atoms. The maximum absolute atomic E-state index is 5.38. The second-order valence-electron chi connectivity index (χ2n) is 6.09. The highest BCUT2D eigenvalue weighted by atomic mass is 16.5. The topological polar surface area (TPSA) is 21.3 Å². The van der Waals surface area contributed by atoms with E-state index in [0.29, 0.717) is 12.0 Å². The molecule has 114 valence electrons. The largest absolute Gasteiger partial charge is 0.497 e. The fraction of sp³-hybridized carbons (Fsp3) is 0.474. The number of methoxy groups -OCH3 is 1. The maximum Gasteiger partial charge on any atom is 0.119 e. The van der Waals surface area contributed by atoms with Gasteiger partial charge in [0.1, 0.15) is 5.75 Å². The lowest BCUT2D eigenvalue weighted by Crippen LogP contribution is -2.32. The number of ether oxygens (including phenoxy) is 1. The minimum Gasteiger partial charge on any atom is -0.497 e. The Hall–Kier alpha value is -1.54. The van der Waals surface area contributed by atoms with Gasteiger partial charge in [-0.15, -0.1) is 0 Å². The lowest BCUT2D eigenvalue weighted by atomic mass is 9.94. The van der Waals surface area contributed by atoms with E-state index < -0.39 is 0 Å². The van der Waals surface area contributed by atoms with Crippen molar-refractivity contribution in [3.8, 4) is 5.75 Å². The third-order valence-electron chi connectivity index (χ3n) is 3.89. The first kappa shape index (κ1) is 15.8. The van der Waals surface area contributed by atoms with E-state index >= 15 is 0 Å². The number of hydrogen-bond donors (Lipinski definition) is 1. The Morgan fingerprint density at radius 2 is 1.95 bits per heavy atom. The molecule has 2 aromatic rings. The molecular weight excluding hydrogens is 258 g/mol. The van der Waals surface area contributed by atoms with Crippen LogP contribution in [0.2, 0.25) is 0 Å². The van der Waals surface area contributed by atoms with Crippen LogP contribution in [0.4, 0.5) is 0 Å². The molecule has 1 N–H and O–H groups in total. The molecule has 0 radical (unpaired) electrons. The highest BCUT2D eigenvalue weighted by molar-refractivity contribution is 5.87. The highest BCUT2D eigenvalue weighted by Crippen LogP contribution is 2.25. The smallest absolute Gasteiger partial charge is 0.119 e. The van der Waals surface area contributed by atoms with Crippen molar-refractivity contribution in [1.29, 1.82) is 0 Å². The van der Waals surface area contributed by atoms with E-state index in [0.717, 1.165) is 18.7 Å². The summed E-state index contributed by atoms with van der Waals surface area (Å²) in [6, 6.07) is 13.4. The second-order valence-corrected chi connectivity index (χ2v) is 6.09. The molecule has 0 aliphatic heterocycles. The molecule has 0 heterocycles. The zero-order valence-electron chi connectivity index (χ0n) is 13.6. The summed E-state index contributed by atoms with van der Waals surface area (Å²) in [7, 11) is 1.73. The predicted octanol–water partition coefficient (Wildman–Crippen LogP) is 4.42. The number of rotatable bonds is 7. The second kappa shape index (κ2) is 7.46. The molecule has 2 rings (SSSR count). The van der Waals surface area contributed by atoms with Crippen LogP contribution in [0.25, 0.3) is 10.8 Å². The molecule has 0 saturated carbocycles. The van der Waals surface area contributed by atoms with E-state index in [2.05, 4.69) is 56.4 Å². The summed E-state index contributed by atoms with van der Waals surface area (Å²) in [5, 5.41) is 6.22. The van der Waals surface area contributed by atoms with Gasteiger partial charge in [-0.25, -0.2) is 0 Å². The summed E-state index contributed by atoms with van der Waals surface area (Å²) in [6.45, 7) is 7.78. The van der Waals surface area contributed by atoms with Crippen molar-refractivity contribution in [3.63, 3.8) is 0 Å². The van der Waals surface area contributed by atoms with Gasteiger partial charge in [0.05, 0.1) is 7.11 Å². The van der Waals surface area contributed by atoms with E-state index in [-0.39, 0.29) is 0 Å². The standard InChI is InChI=1S/C19H27NO/c1-5-20-17(11-14(2)3)12-16-8-6-7-15-9-10-18(21-4)13-19(15)16/h6-10,13-14,17,20H,5,11-12H2,1-4H3. The van der Waals surface area contributed by atoms with Crippen molar-refractivity contribution in [2.24, 2.45) is 5.92 Å². The Morgan fingerprint density at radius 3 is 2.62 bits per heavy atom. The molecule has 1 atom stereocenters. The minimum absolute atomic E-state index is 0.534. The molecular formula is C19H27NO. The summed E-state index contributed by atoms with van der Waals surface area (Å²) in [4.78, 5) is 0. The summed E-state index contributed by atoms with van der Waals surface area (Å²) in [5.41, 5.74) is 1.40. The molecule has 0 amide bonds. The average Bonchev–Trinajstić information content (AvgIpc) is 2.46. The van der Waals surface area contributed by atoms with Crippen LogP contribution in [0.3, 0.4) is 0 Å². The Morgan fingerprint density at radius 1 is 1.14 bits per heavy atom. The van der Waals surface area contributed by atoms with Gasteiger partial charge in [-0.3, -0.25) is 0 Å². The van der Waals surface area contributed by atoms with Crippen LogP contribution in [-0.4, -0.2) is 19.7 Å². The number of likely N-dealkylation sites (N-methyl/N-ethyl adjacent to an activating group) is 1. The van der Waals surface area contributed by atoms with Crippen molar-refractivity contribution in [2.45, 2.75) is 39.7 Å². The van der Waals surface area contributed by atoms with Gasteiger partial charge in [0.15, 0.2) is 0 Å². The van der Waals surface area contributed by atoms with E-state index in [1.165, 1.54) is 22.8 Å². The molecule has 0 fully saturated rings. The van der Waals surface area contributed by atoms with Crippen LogP contribution < -0.4 is 10.1 Å². The highest BCUT2D eigenvalue weighted by Gasteiger charge is 2.12. The number of fused-ring (bicyclic) bond motifs is 1. The van der Waals surface area contributed by atoms with Gasteiger partial charge >= 0.3 is 0 Å². The Bertz CT molecular complexity index is 577. The van der Waals surface area contributed by atoms with Gasteiger partial charge in [0.25, 0.3) is 0 Å². The number of benzene rings is 2. The molecule has 0 spiro atoms. The Balaban J connectivity index is 2.31. The van der Waals surface area contributed by atoms with Crippen LogP contribution in [0, 0.1) is 5.92 Å². The van der Waals surface area contributed by atoms with Crippen LogP contribution in [0.1, 0.15) is 32.8 Å². The monoisotopic (exact) mass is 285 g/mol. The molecule has 0 bridgehead atoms. The van der Waals surface area contributed by atoms with Crippen LogP contribution in [0.5, 0.6) is 5.75 Å². The van der Waals surface area contributed by atoms with E-state index in [4.69, 9.17) is 4.74 Å². The lowest BCUT2D eigenvalue weighted by Gasteiger charge is -2.21. The SMILES string of the molecule is CCNC(Cc1cccc2ccc(OC)cc12)CC(C)C. The summed E-state index contributed by atoms with van der Waals surface area (Å²) < 4.78 is 5.38. The zero-order valence-corrected chi connectivity index (χ0v) is 13.6. The molecule has 2 aromatic carbocycles. The summed E-state index contributed by atoms with van der Waals surface area (Å²) in [5.74, 6) is 1.64. The van der Waals surface area contributed by atoms with Crippen LogP contribution >= 0.6 is 0 Å². The summed E-state index contributed by atoms with van der Waals surface area (Å²) >= 11 is 0. The van der Waals surface area contributed by atoms with E-state index in [1.54, 1.807) is 7.11 Å². The molecule has 2 heteroatoms. The molecule has 0 aromatic heterocycles. The molecule has 0 aliphatic carbocycles. The Labute approximate surface area is 128 Å². The number of nitrogens with one attached hydrogen (secondary N) is 1. The number of hydrogen-bond acceptors (Lipinski definition) is 2. The zero-order chi connectivity index (χ0) is 15.2. The van der Waals surface area contributed by atoms with Crippen molar-refractivity contribution in [1.82, 2.24) is 5.32 Å². The van der Waals surface area contributed by atoms with E-state index in [1.807, 2.05) is 6.07 Å². The van der Waals surface area contributed by atoms with Gasteiger partial charge < -0.3 is 10.1 Å². The van der Waals surface area contributed by atoms with Crippen LogP contribution in [0.15, 0.2) is 36.4 Å². The first-order chi connectivity index (χ1) is 10.1. The molecule has 0 saturated heterocycles. The normalized spacial score (nSPS) is 12.8. The van der Waals surface area contributed by atoms with Crippen LogP contribution in [-0.2, 0) is 6.42 Å². The maximum atomic E-state index is 5.38. The first-order valence-corrected chi connectivity index (χ1v) is 7.93. The fourth-order valence-corrected chi connectivity index (χ4v) is 2.98. The predicted molar refractivity (Wildman–Crippen MR) is 91.1 cm³/mol. The van der Waals surface area contributed by atoms with Gasteiger partial charge in [-0.1, -0.05) is 45.0 Å². The first-order valence-electron chi connectivity index (χ1n) is 7.93. The third kappa shape index (κ3) is 4.21. The molecule has 2 nitrogen and oxygen atoms in total. The van der Waals surface area contributed by atoms with Crippen molar-refractivity contribution in [3.05, 3.63) is 42.0 Å².